The van der Waals surface area contributed by atoms with Crippen LogP contribution in [0, 0.1) is 20.8 Å². The van der Waals surface area contributed by atoms with Crippen molar-refractivity contribution in [3.63, 3.8) is 0 Å². The van der Waals surface area contributed by atoms with E-state index in [0.717, 1.165) is 5.17 Å². The van der Waals surface area contributed by atoms with Gasteiger partial charge in [-0.25, -0.2) is 0 Å². The Morgan fingerprint density at radius 2 is 1.74 bits per heavy atom. The second kappa shape index (κ2) is 4.86. The summed E-state index contributed by atoms with van der Waals surface area (Å²) >= 11 is 1.89. The van der Waals surface area contributed by atoms with Crippen LogP contribution in [0.4, 0.5) is 5.69 Å². The highest BCUT2D eigenvalue weighted by atomic mass is 32.2. The van der Waals surface area contributed by atoms with Crippen LogP contribution in [0.15, 0.2) is 17.1 Å². The van der Waals surface area contributed by atoms with E-state index in [9.17, 15) is 0 Å². The lowest BCUT2D eigenvalue weighted by molar-refractivity contribution is 0.508. The van der Waals surface area contributed by atoms with Gasteiger partial charge in [-0.05, 0) is 44.7 Å². The molecule has 0 atom stereocenters. The number of aliphatic imine (C=N–C) groups is 1. The molecule has 1 aliphatic carbocycles. The van der Waals surface area contributed by atoms with Gasteiger partial charge < -0.3 is 5.32 Å². The van der Waals surface area contributed by atoms with Crippen molar-refractivity contribution in [3.8, 4) is 0 Å². The number of nitrogens with one attached hydrogen (secondary N) is 1. The molecule has 1 saturated carbocycles. The summed E-state index contributed by atoms with van der Waals surface area (Å²) < 4.78 is 0. The van der Waals surface area contributed by atoms with Crippen LogP contribution in [0.5, 0.6) is 0 Å². The summed E-state index contributed by atoms with van der Waals surface area (Å²) in [6.07, 6.45) is 5.24. The van der Waals surface area contributed by atoms with Crippen LogP contribution in [0.25, 0.3) is 0 Å². The maximum Gasteiger partial charge on any atom is 0.161 e. The highest BCUT2D eigenvalue weighted by Gasteiger charge is 2.38. The molecule has 1 heterocycles. The maximum atomic E-state index is 4.99. The summed E-state index contributed by atoms with van der Waals surface area (Å²) in [5.74, 6) is 1.17. The molecular weight excluding hydrogens is 252 g/mol. The molecule has 1 aromatic carbocycles. The molecule has 3 rings (SSSR count). The molecule has 1 aliphatic heterocycles. The Bertz CT molecular complexity index is 505. The number of hydrogen-bond donors (Lipinski definition) is 1. The zero-order chi connectivity index (χ0) is 13.5. The van der Waals surface area contributed by atoms with E-state index in [-0.39, 0.29) is 5.54 Å². The molecule has 2 aliphatic rings. The van der Waals surface area contributed by atoms with Crippen LogP contribution in [0.2, 0.25) is 0 Å². The Morgan fingerprint density at radius 3 is 2.37 bits per heavy atom. The average molecular weight is 274 g/mol. The predicted molar refractivity (Wildman–Crippen MR) is 85.4 cm³/mol. The van der Waals surface area contributed by atoms with Gasteiger partial charge in [-0.2, -0.15) is 0 Å². The van der Waals surface area contributed by atoms with Crippen LogP contribution in [0.3, 0.4) is 0 Å². The van der Waals surface area contributed by atoms with Gasteiger partial charge in [0.05, 0.1) is 5.54 Å². The maximum absolute atomic E-state index is 4.99. The van der Waals surface area contributed by atoms with Crippen molar-refractivity contribution in [2.75, 3.05) is 11.1 Å². The van der Waals surface area contributed by atoms with Gasteiger partial charge >= 0.3 is 0 Å². The van der Waals surface area contributed by atoms with Gasteiger partial charge in [0.15, 0.2) is 5.17 Å². The monoisotopic (exact) mass is 274 g/mol. The third-order valence-electron chi connectivity index (χ3n) is 4.26. The number of benzene rings is 1. The van der Waals surface area contributed by atoms with Crippen LogP contribution < -0.4 is 5.32 Å². The van der Waals surface area contributed by atoms with E-state index in [1.165, 1.54) is 53.8 Å². The quantitative estimate of drug-likeness (QED) is 0.818. The number of hydrogen-bond acceptors (Lipinski definition) is 3. The zero-order valence-corrected chi connectivity index (χ0v) is 12.9. The molecule has 1 N–H and O–H groups in total. The van der Waals surface area contributed by atoms with Gasteiger partial charge in [0.25, 0.3) is 0 Å². The number of amidine groups is 1. The molecular formula is C16H22N2S. The molecule has 102 valence electrons. The van der Waals surface area contributed by atoms with Gasteiger partial charge in [0, 0.05) is 11.4 Å². The average Bonchev–Trinajstić information content (AvgIpc) is 2.95. The van der Waals surface area contributed by atoms with Gasteiger partial charge in [0.1, 0.15) is 0 Å². The fourth-order valence-corrected chi connectivity index (χ4v) is 4.51. The van der Waals surface area contributed by atoms with Crippen molar-refractivity contribution in [1.82, 2.24) is 0 Å². The van der Waals surface area contributed by atoms with Crippen LogP contribution in [0.1, 0.15) is 42.4 Å². The molecule has 1 spiro atoms. The molecule has 1 aromatic rings. The molecule has 19 heavy (non-hydrogen) atoms. The minimum Gasteiger partial charge on any atom is -0.335 e. The standard InChI is InChI=1S/C16H22N2S/c1-11-8-12(2)14(13(3)9-11)17-15-18-16(10-19-15)6-4-5-7-16/h8-9H,4-7,10H2,1-3H3,(H,17,18). The molecule has 0 radical (unpaired) electrons. The normalized spacial score (nSPS) is 20.9. The molecule has 2 nitrogen and oxygen atoms in total. The van der Waals surface area contributed by atoms with E-state index < -0.39 is 0 Å². The zero-order valence-electron chi connectivity index (χ0n) is 12.0. The minimum atomic E-state index is 0.263. The Balaban J connectivity index is 1.83. The molecule has 0 aromatic heterocycles. The van der Waals surface area contributed by atoms with Gasteiger partial charge in [-0.1, -0.05) is 42.3 Å². The Morgan fingerprint density at radius 1 is 1.11 bits per heavy atom. The first-order chi connectivity index (χ1) is 9.08. The van der Waals surface area contributed by atoms with E-state index >= 15 is 0 Å². The fourth-order valence-electron chi connectivity index (χ4n) is 3.32. The molecule has 0 amide bonds. The summed E-state index contributed by atoms with van der Waals surface area (Å²) in [5.41, 5.74) is 5.46. The predicted octanol–water partition coefficient (Wildman–Crippen LogP) is 4.44. The minimum absolute atomic E-state index is 0.263. The molecule has 0 unspecified atom stereocenters. The van der Waals surface area contributed by atoms with E-state index in [4.69, 9.17) is 4.99 Å². The third-order valence-corrected chi connectivity index (χ3v) is 5.41. The largest absolute Gasteiger partial charge is 0.335 e. The third kappa shape index (κ3) is 2.53. The first-order valence-corrected chi connectivity index (χ1v) is 8.14. The SMILES string of the molecule is Cc1cc(C)c(NC2=NC3(CCCC3)CS2)c(C)c1. The van der Waals surface area contributed by atoms with Crippen molar-refractivity contribution in [3.05, 3.63) is 28.8 Å². The number of anilines is 1. The highest BCUT2D eigenvalue weighted by Crippen LogP contribution is 2.41. The summed E-state index contributed by atoms with van der Waals surface area (Å²) in [4.78, 5) is 4.99. The molecule has 0 bridgehead atoms. The van der Waals surface area contributed by atoms with Crippen molar-refractivity contribution < 1.29 is 0 Å². The smallest absolute Gasteiger partial charge is 0.161 e. The Hall–Kier alpha value is -0.960. The molecule has 1 fully saturated rings. The first kappa shape index (κ1) is 13.0. The van der Waals surface area contributed by atoms with E-state index in [1.54, 1.807) is 0 Å². The molecule has 3 heteroatoms. The van der Waals surface area contributed by atoms with Crippen molar-refractivity contribution >= 4 is 22.6 Å². The Labute approximate surface area is 120 Å². The second-order valence-electron chi connectivity index (χ2n) is 6.04. The van der Waals surface area contributed by atoms with Gasteiger partial charge in [-0.15, -0.1) is 0 Å². The second-order valence-corrected chi connectivity index (χ2v) is 7.00. The van der Waals surface area contributed by atoms with Gasteiger partial charge in [-0.3, -0.25) is 4.99 Å². The lowest BCUT2D eigenvalue weighted by Gasteiger charge is -2.16. The Kier molecular flexibility index (Phi) is 3.34. The molecule has 0 saturated heterocycles. The van der Waals surface area contributed by atoms with E-state index in [1.807, 2.05) is 11.8 Å². The van der Waals surface area contributed by atoms with Crippen molar-refractivity contribution in [2.24, 2.45) is 4.99 Å². The summed E-state index contributed by atoms with van der Waals surface area (Å²) in [6.45, 7) is 6.50. The lowest BCUT2D eigenvalue weighted by Crippen LogP contribution is -2.21. The highest BCUT2D eigenvalue weighted by molar-refractivity contribution is 8.14. The summed E-state index contributed by atoms with van der Waals surface area (Å²) in [6, 6.07) is 4.47. The van der Waals surface area contributed by atoms with Crippen LogP contribution in [-0.2, 0) is 0 Å². The van der Waals surface area contributed by atoms with Gasteiger partial charge in [0.2, 0.25) is 0 Å². The van der Waals surface area contributed by atoms with Crippen molar-refractivity contribution in [2.45, 2.75) is 52.0 Å². The van der Waals surface area contributed by atoms with Crippen LogP contribution >= 0.6 is 11.8 Å². The van der Waals surface area contributed by atoms with E-state index in [2.05, 4.69) is 38.2 Å². The summed E-state index contributed by atoms with van der Waals surface area (Å²) in [7, 11) is 0. The fraction of sp³-hybridized carbons (Fsp3) is 0.562. The van der Waals surface area contributed by atoms with Crippen molar-refractivity contribution in [1.29, 1.82) is 0 Å². The number of rotatable bonds is 1. The number of thioether (sulfide) groups is 1. The van der Waals surface area contributed by atoms with E-state index in [0.29, 0.717) is 0 Å². The summed E-state index contributed by atoms with van der Waals surface area (Å²) in [5, 5.41) is 4.69. The number of nitrogens with zero attached hydrogens (tertiary/aromatic N) is 1. The van der Waals surface area contributed by atoms with Crippen LogP contribution in [-0.4, -0.2) is 16.5 Å². The lowest BCUT2D eigenvalue weighted by atomic mass is 10.0. The first-order valence-electron chi connectivity index (χ1n) is 7.16. The number of aryl methyl sites for hydroxylation is 3. The topological polar surface area (TPSA) is 24.4 Å².